The molecule has 2 heterocycles. The largest absolute Gasteiger partial charge is 0.311 e. The van der Waals surface area contributed by atoms with E-state index in [0.717, 1.165) is 45.3 Å². The van der Waals surface area contributed by atoms with Gasteiger partial charge in [0.15, 0.2) is 0 Å². The molecule has 0 amide bonds. The van der Waals surface area contributed by atoms with Crippen LogP contribution in [0.15, 0.2) is 340 Å². The van der Waals surface area contributed by atoms with Crippen LogP contribution in [0.25, 0.3) is 97.4 Å². The van der Waals surface area contributed by atoms with Crippen molar-refractivity contribution in [2.45, 2.75) is 0 Å². The molecule has 0 saturated heterocycles. The maximum Gasteiger partial charge on any atom is 0.0462 e. The van der Waals surface area contributed by atoms with Crippen molar-refractivity contribution in [2.24, 2.45) is 0 Å². The zero-order chi connectivity index (χ0) is 56.0. The van der Waals surface area contributed by atoms with E-state index in [0.29, 0.717) is 0 Å². The third-order valence-corrected chi connectivity index (χ3v) is 18.0. The van der Waals surface area contributed by atoms with Gasteiger partial charge in [-0.3, -0.25) is 0 Å². The van der Waals surface area contributed by atoms with E-state index in [9.17, 15) is 0 Å². The molecule has 0 radical (unpaired) electrons. The van der Waals surface area contributed by atoms with Gasteiger partial charge in [0.2, 0.25) is 0 Å². The predicted molar refractivity (Wildman–Crippen MR) is 360 cm³/mol. The van der Waals surface area contributed by atoms with E-state index in [1.807, 2.05) is 22.7 Å². The number of anilines is 6. The van der Waals surface area contributed by atoms with Gasteiger partial charge >= 0.3 is 0 Å². The molecule has 4 heteroatoms. The van der Waals surface area contributed by atoms with Crippen LogP contribution in [-0.2, 0) is 0 Å². The Balaban J connectivity index is 0.760. The lowest BCUT2D eigenvalue weighted by atomic mass is 10.00. The second-order valence-electron chi connectivity index (χ2n) is 20.9. The lowest BCUT2D eigenvalue weighted by Crippen LogP contribution is -2.10. The molecule has 0 unspecified atom stereocenters. The van der Waals surface area contributed by atoms with Gasteiger partial charge in [-0.2, -0.15) is 0 Å². The Morgan fingerprint density at radius 2 is 0.274 bits per heavy atom. The van der Waals surface area contributed by atoms with Gasteiger partial charge in [-0.15, -0.1) is 22.7 Å². The molecule has 12 aromatic carbocycles. The Labute approximate surface area is 500 Å². The quantitative estimate of drug-likeness (QED) is 0.101. The fourth-order valence-corrected chi connectivity index (χ4v) is 13.2. The molecule has 0 N–H and O–H groups in total. The molecule has 84 heavy (non-hydrogen) atoms. The van der Waals surface area contributed by atoms with Crippen LogP contribution >= 0.6 is 22.7 Å². The first-order valence-corrected chi connectivity index (χ1v) is 30.1. The molecule has 14 rings (SSSR count). The standard InChI is InChI=1S/C80H56N2S2/c1-5-13-57(14-6-1)59-21-25-61(26-22-59)63-29-41-71(42-30-63)81(75-49-37-69(38-50-75)79-55-53-77(83-79)67-17-9-3-10-18-67)73-45-33-65(34-46-73)66-35-47-74(48-36-66)82(76-51-39-70(40-52-76)80-56-54-78(84-80)68-19-11-4-12-20-68)72-43-31-64(32-44-72)62-27-23-60(24-28-62)58-15-7-2-8-16-58/h1-56H. The first-order chi connectivity index (χ1) is 41.6. The summed E-state index contributed by atoms with van der Waals surface area (Å²) in [5.74, 6) is 0. The highest BCUT2D eigenvalue weighted by molar-refractivity contribution is 7.19. The average Bonchev–Trinajstić information content (AvgIpc) is 4.43. The number of thiophene rings is 2. The average molecular weight is 1110 g/mol. The molecule has 0 fully saturated rings. The fourth-order valence-electron chi connectivity index (χ4n) is 11.1. The summed E-state index contributed by atoms with van der Waals surface area (Å²) < 4.78 is 0. The van der Waals surface area contributed by atoms with Crippen LogP contribution < -0.4 is 9.80 Å². The van der Waals surface area contributed by atoms with Crippen molar-refractivity contribution < 1.29 is 0 Å². The van der Waals surface area contributed by atoms with E-state index in [2.05, 4.69) is 350 Å². The van der Waals surface area contributed by atoms with Gasteiger partial charge in [-0.05, 0) is 175 Å². The van der Waals surface area contributed by atoms with Crippen LogP contribution in [0, 0.1) is 0 Å². The molecule has 0 atom stereocenters. The summed E-state index contributed by atoms with van der Waals surface area (Å²) in [6.07, 6.45) is 0. The van der Waals surface area contributed by atoms with Gasteiger partial charge in [-0.1, -0.05) is 243 Å². The van der Waals surface area contributed by atoms with Crippen LogP contribution in [0.5, 0.6) is 0 Å². The van der Waals surface area contributed by atoms with Crippen LogP contribution in [0.4, 0.5) is 34.1 Å². The van der Waals surface area contributed by atoms with Crippen LogP contribution in [0.2, 0.25) is 0 Å². The number of hydrogen-bond acceptors (Lipinski definition) is 4. The summed E-state index contributed by atoms with van der Waals surface area (Å²) in [4.78, 5) is 9.75. The van der Waals surface area contributed by atoms with Crippen molar-refractivity contribution in [3.63, 3.8) is 0 Å². The summed E-state index contributed by atoms with van der Waals surface area (Å²) in [6, 6.07) is 123. The summed E-state index contributed by atoms with van der Waals surface area (Å²) in [5.41, 5.74) is 23.3. The third kappa shape index (κ3) is 11.1. The molecule has 0 aliphatic heterocycles. The lowest BCUT2D eigenvalue weighted by molar-refractivity contribution is 1.28. The number of hydrogen-bond donors (Lipinski definition) is 0. The SMILES string of the molecule is c1ccc(-c2ccc(-c3ccc(N(c4ccc(-c5ccc(N(c6ccc(-c7ccc(-c8ccccc8)cc7)cc6)c6ccc(-c7ccc(-c8ccccc8)s7)cc6)cc5)cc4)c4ccc(-c5ccc(-c6ccccc6)s5)cc4)cc3)cc2)cc1. The minimum atomic E-state index is 1.08. The molecule has 0 spiro atoms. The van der Waals surface area contributed by atoms with Gasteiger partial charge in [0.05, 0.1) is 0 Å². The molecule has 0 bridgehead atoms. The van der Waals surface area contributed by atoms with Gasteiger partial charge in [-0.25, -0.2) is 0 Å². The monoisotopic (exact) mass is 1110 g/mol. The van der Waals surface area contributed by atoms with Crippen molar-refractivity contribution in [3.05, 3.63) is 340 Å². The van der Waals surface area contributed by atoms with E-state index in [-0.39, 0.29) is 0 Å². The highest BCUT2D eigenvalue weighted by atomic mass is 32.1. The highest BCUT2D eigenvalue weighted by Gasteiger charge is 2.18. The smallest absolute Gasteiger partial charge is 0.0462 e. The second-order valence-corrected chi connectivity index (χ2v) is 23.1. The molecule has 0 aliphatic carbocycles. The summed E-state index contributed by atoms with van der Waals surface area (Å²) in [7, 11) is 0. The Morgan fingerprint density at radius 1 is 0.131 bits per heavy atom. The maximum atomic E-state index is 2.36. The lowest BCUT2D eigenvalue weighted by Gasteiger charge is -2.27. The van der Waals surface area contributed by atoms with Gasteiger partial charge in [0.1, 0.15) is 0 Å². The van der Waals surface area contributed by atoms with Gasteiger partial charge in [0, 0.05) is 53.6 Å². The molecule has 0 aliphatic rings. The Bertz CT molecular complexity index is 4130. The minimum absolute atomic E-state index is 1.08. The summed E-state index contributed by atoms with van der Waals surface area (Å²) in [5, 5.41) is 0. The van der Waals surface area contributed by atoms with E-state index in [1.54, 1.807) is 0 Å². The highest BCUT2D eigenvalue weighted by Crippen LogP contribution is 2.43. The molecule has 2 aromatic heterocycles. The van der Waals surface area contributed by atoms with Gasteiger partial charge < -0.3 is 9.80 Å². The molecular weight excluding hydrogens is 1050 g/mol. The Kier molecular flexibility index (Phi) is 14.6. The zero-order valence-corrected chi connectivity index (χ0v) is 47.7. The normalized spacial score (nSPS) is 11.1. The Morgan fingerprint density at radius 3 is 0.476 bits per heavy atom. The van der Waals surface area contributed by atoms with Crippen molar-refractivity contribution in [1.82, 2.24) is 0 Å². The zero-order valence-electron chi connectivity index (χ0n) is 46.0. The van der Waals surface area contributed by atoms with Gasteiger partial charge in [0.25, 0.3) is 0 Å². The van der Waals surface area contributed by atoms with Crippen LogP contribution in [0.3, 0.4) is 0 Å². The molecular formula is C80H56N2S2. The number of nitrogens with zero attached hydrogens (tertiary/aromatic N) is 2. The van der Waals surface area contributed by atoms with Crippen molar-refractivity contribution in [2.75, 3.05) is 9.80 Å². The topological polar surface area (TPSA) is 6.48 Å². The third-order valence-electron chi connectivity index (χ3n) is 15.6. The number of benzene rings is 12. The van der Waals surface area contributed by atoms with Crippen molar-refractivity contribution in [1.29, 1.82) is 0 Å². The minimum Gasteiger partial charge on any atom is -0.311 e. The second kappa shape index (κ2) is 23.6. The first kappa shape index (κ1) is 51.8. The van der Waals surface area contributed by atoms with E-state index < -0.39 is 0 Å². The Hall–Kier alpha value is -10.4. The molecule has 14 aromatic rings. The number of rotatable bonds is 15. The molecule has 398 valence electrons. The molecule has 2 nitrogen and oxygen atoms in total. The van der Waals surface area contributed by atoms with Crippen LogP contribution in [0.1, 0.15) is 0 Å². The van der Waals surface area contributed by atoms with Crippen LogP contribution in [-0.4, -0.2) is 0 Å². The van der Waals surface area contributed by atoms with Crippen molar-refractivity contribution in [3.8, 4) is 97.4 Å². The first-order valence-electron chi connectivity index (χ1n) is 28.4. The van der Waals surface area contributed by atoms with E-state index >= 15 is 0 Å². The predicted octanol–water partition coefficient (Wildman–Crippen LogP) is 23.8. The summed E-state index contributed by atoms with van der Waals surface area (Å²) >= 11 is 3.65. The van der Waals surface area contributed by atoms with Crippen molar-refractivity contribution >= 4 is 56.8 Å². The maximum absolute atomic E-state index is 2.36. The van der Waals surface area contributed by atoms with E-state index in [4.69, 9.17) is 0 Å². The van der Waals surface area contributed by atoms with E-state index in [1.165, 1.54) is 86.3 Å². The molecule has 0 saturated carbocycles. The summed E-state index contributed by atoms with van der Waals surface area (Å²) in [6.45, 7) is 0. The fraction of sp³-hybridized carbons (Fsp3) is 0.